The number of hydrogen-bond acceptors (Lipinski definition) is 3. The Balaban J connectivity index is 1.46. The van der Waals surface area contributed by atoms with E-state index in [9.17, 15) is 18.0 Å². The Bertz CT molecular complexity index is 1130. The van der Waals surface area contributed by atoms with Gasteiger partial charge in [-0.15, -0.1) is 0 Å². The van der Waals surface area contributed by atoms with Gasteiger partial charge in [0.2, 0.25) is 5.91 Å². The maximum atomic E-state index is 13.0. The monoisotopic (exact) mass is 482 g/mol. The van der Waals surface area contributed by atoms with E-state index in [2.05, 4.69) is 22.3 Å². The van der Waals surface area contributed by atoms with Crippen molar-refractivity contribution >= 4 is 5.91 Å². The van der Waals surface area contributed by atoms with Crippen LogP contribution in [0.1, 0.15) is 41.1 Å². The summed E-state index contributed by atoms with van der Waals surface area (Å²) in [7, 11) is 1.64. The van der Waals surface area contributed by atoms with E-state index in [0.29, 0.717) is 25.1 Å². The van der Waals surface area contributed by atoms with Crippen LogP contribution in [0, 0.1) is 5.92 Å². The molecule has 0 aromatic heterocycles. The number of amides is 1. The van der Waals surface area contributed by atoms with Crippen LogP contribution in [0.3, 0.4) is 0 Å². The summed E-state index contributed by atoms with van der Waals surface area (Å²) in [5.74, 6) is 0.405. The SMILES string of the molecule is COc1cccc(CN2C[C@@H](C(=O)NCc3cccc(C(F)(F)F)c3)CC[C@@H]2c2ccccc2)c1. The molecule has 1 heterocycles. The standard InChI is InChI=1S/C28H29F3N2O2/c1-35-25-12-6-8-21(16-25)18-33-19-23(13-14-26(33)22-9-3-2-4-10-22)27(34)32-17-20-7-5-11-24(15-20)28(29,30)31/h2-12,15-16,23,26H,13-14,17-19H2,1H3,(H,32,34)/t23-,26+/m0/s1. The summed E-state index contributed by atoms with van der Waals surface area (Å²) >= 11 is 0. The third kappa shape index (κ3) is 6.42. The zero-order valence-corrected chi connectivity index (χ0v) is 19.6. The van der Waals surface area contributed by atoms with Crippen molar-refractivity contribution < 1.29 is 22.7 Å². The second-order valence-corrected chi connectivity index (χ2v) is 8.90. The van der Waals surface area contributed by atoms with E-state index in [1.807, 2.05) is 42.5 Å². The molecule has 1 N–H and O–H groups in total. The molecule has 4 rings (SSSR count). The number of nitrogens with one attached hydrogen (secondary N) is 1. The highest BCUT2D eigenvalue weighted by Crippen LogP contribution is 2.35. The van der Waals surface area contributed by atoms with Gasteiger partial charge in [-0.25, -0.2) is 0 Å². The molecule has 0 saturated carbocycles. The van der Waals surface area contributed by atoms with Gasteiger partial charge in [-0.2, -0.15) is 13.2 Å². The fraction of sp³-hybridized carbons (Fsp3) is 0.321. The van der Waals surface area contributed by atoms with Crippen molar-refractivity contribution in [3.63, 3.8) is 0 Å². The Morgan fingerprint density at radius 2 is 1.71 bits per heavy atom. The van der Waals surface area contributed by atoms with E-state index >= 15 is 0 Å². The Hall–Kier alpha value is -3.32. The van der Waals surface area contributed by atoms with Crippen LogP contribution in [0.5, 0.6) is 5.75 Å². The topological polar surface area (TPSA) is 41.6 Å². The molecule has 3 aromatic carbocycles. The molecule has 7 heteroatoms. The predicted octanol–water partition coefficient (Wildman–Crippen LogP) is 5.98. The molecular weight excluding hydrogens is 453 g/mol. The Morgan fingerprint density at radius 1 is 0.971 bits per heavy atom. The Morgan fingerprint density at radius 3 is 2.46 bits per heavy atom. The van der Waals surface area contributed by atoms with Crippen LogP contribution in [-0.4, -0.2) is 24.5 Å². The number of benzene rings is 3. The van der Waals surface area contributed by atoms with Gasteiger partial charge >= 0.3 is 6.18 Å². The van der Waals surface area contributed by atoms with Crippen molar-refractivity contribution in [1.29, 1.82) is 0 Å². The number of methoxy groups -OCH3 is 1. The molecule has 1 aliphatic rings. The number of carbonyl (C=O) groups excluding carboxylic acids is 1. The summed E-state index contributed by atoms with van der Waals surface area (Å²) in [5.41, 5.74) is 2.02. The molecule has 1 amide bonds. The van der Waals surface area contributed by atoms with Gasteiger partial charge in [-0.05, 0) is 53.8 Å². The number of rotatable bonds is 7. The zero-order valence-electron chi connectivity index (χ0n) is 19.6. The van der Waals surface area contributed by atoms with Crippen molar-refractivity contribution in [3.05, 3.63) is 101 Å². The third-order valence-electron chi connectivity index (χ3n) is 6.48. The van der Waals surface area contributed by atoms with E-state index in [1.54, 1.807) is 13.2 Å². The van der Waals surface area contributed by atoms with Crippen molar-refractivity contribution in [2.24, 2.45) is 5.92 Å². The minimum absolute atomic E-state index is 0.0667. The molecule has 0 unspecified atom stereocenters. The first-order chi connectivity index (χ1) is 16.8. The van der Waals surface area contributed by atoms with Gasteiger partial charge in [0, 0.05) is 25.7 Å². The van der Waals surface area contributed by atoms with Crippen LogP contribution >= 0.6 is 0 Å². The summed E-state index contributed by atoms with van der Waals surface area (Å²) in [6.45, 7) is 1.29. The number of ether oxygens (including phenoxy) is 1. The van der Waals surface area contributed by atoms with E-state index < -0.39 is 11.7 Å². The van der Waals surface area contributed by atoms with Gasteiger partial charge in [-0.3, -0.25) is 9.69 Å². The van der Waals surface area contributed by atoms with Gasteiger partial charge in [0.05, 0.1) is 18.6 Å². The van der Waals surface area contributed by atoms with E-state index in [-0.39, 0.29) is 24.4 Å². The number of hydrogen-bond donors (Lipinski definition) is 1. The second kappa shape index (κ2) is 11.0. The lowest BCUT2D eigenvalue weighted by Crippen LogP contribution is -2.44. The van der Waals surface area contributed by atoms with Gasteiger partial charge in [0.15, 0.2) is 0 Å². The van der Waals surface area contributed by atoms with Gasteiger partial charge in [0.1, 0.15) is 5.75 Å². The maximum absolute atomic E-state index is 13.0. The summed E-state index contributed by atoms with van der Waals surface area (Å²) < 4.78 is 44.4. The zero-order chi connectivity index (χ0) is 24.8. The van der Waals surface area contributed by atoms with Gasteiger partial charge in [-0.1, -0.05) is 54.6 Å². The lowest BCUT2D eigenvalue weighted by atomic mass is 9.88. The summed E-state index contributed by atoms with van der Waals surface area (Å²) in [4.78, 5) is 15.3. The van der Waals surface area contributed by atoms with Crippen molar-refractivity contribution in [3.8, 4) is 5.75 Å². The van der Waals surface area contributed by atoms with Crippen LogP contribution in [-0.2, 0) is 24.1 Å². The van der Waals surface area contributed by atoms with Gasteiger partial charge in [0.25, 0.3) is 0 Å². The number of halogens is 3. The summed E-state index contributed by atoms with van der Waals surface area (Å²) in [6, 6.07) is 23.4. The van der Waals surface area contributed by atoms with Gasteiger partial charge < -0.3 is 10.1 Å². The van der Waals surface area contributed by atoms with E-state index in [0.717, 1.165) is 29.9 Å². The molecule has 184 valence electrons. The first-order valence-electron chi connectivity index (χ1n) is 11.7. The number of nitrogens with zero attached hydrogens (tertiary/aromatic N) is 1. The molecule has 0 radical (unpaired) electrons. The van der Waals surface area contributed by atoms with E-state index in [1.165, 1.54) is 11.6 Å². The molecule has 3 aromatic rings. The fourth-order valence-corrected chi connectivity index (χ4v) is 4.68. The minimum atomic E-state index is -4.41. The molecule has 0 bridgehead atoms. The number of piperidine rings is 1. The Kier molecular flexibility index (Phi) is 7.76. The average molecular weight is 483 g/mol. The van der Waals surface area contributed by atoms with E-state index in [4.69, 9.17) is 4.74 Å². The van der Waals surface area contributed by atoms with Crippen molar-refractivity contribution in [2.45, 2.75) is 38.1 Å². The molecule has 4 nitrogen and oxygen atoms in total. The quantitative estimate of drug-likeness (QED) is 0.450. The first kappa shape index (κ1) is 24.8. The number of carbonyl (C=O) groups is 1. The average Bonchev–Trinajstić information content (AvgIpc) is 2.87. The lowest BCUT2D eigenvalue weighted by Gasteiger charge is -2.39. The Labute approximate surface area is 203 Å². The first-order valence-corrected chi connectivity index (χ1v) is 11.7. The maximum Gasteiger partial charge on any atom is 0.416 e. The third-order valence-corrected chi connectivity index (χ3v) is 6.48. The highest BCUT2D eigenvalue weighted by molar-refractivity contribution is 5.79. The molecule has 1 fully saturated rings. The molecule has 1 aliphatic heterocycles. The smallest absolute Gasteiger partial charge is 0.416 e. The minimum Gasteiger partial charge on any atom is -0.497 e. The fourth-order valence-electron chi connectivity index (χ4n) is 4.68. The van der Waals surface area contributed by atoms with Crippen LogP contribution in [0.25, 0.3) is 0 Å². The van der Waals surface area contributed by atoms with Crippen molar-refractivity contribution in [1.82, 2.24) is 10.2 Å². The highest BCUT2D eigenvalue weighted by atomic mass is 19.4. The molecule has 2 atom stereocenters. The summed E-state index contributed by atoms with van der Waals surface area (Å²) in [5, 5.41) is 2.85. The highest BCUT2D eigenvalue weighted by Gasteiger charge is 2.33. The predicted molar refractivity (Wildman–Crippen MR) is 129 cm³/mol. The van der Waals surface area contributed by atoms with Crippen molar-refractivity contribution in [2.75, 3.05) is 13.7 Å². The van der Waals surface area contributed by atoms with Crippen LogP contribution in [0.15, 0.2) is 78.9 Å². The lowest BCUT2D eigenvalue weighted by molar-refractivity contribution is -0.137. The number of likely N-dealkylation sites (tertiary alicyclic amines) is 1. The van der Waals surface area contributed by atoms with Crippen LogP contribution in [0.2, 0.25) is 0 Å². The largest absolute Gasteiger partial charge is 0.497 e. The molecule has 0 aliphatic carbocycles. The van der Waals surface area contributed by atoms with Crippen LogP contribution in [0.4, 0.5) is 13.2 Å². The summed E-state index contributed by atoms with van der Waals surface area (Å²) in [6.07, 6.45) is -2.88. The van der Waals surface area contributed by atoms with Crippen LogP contribution < -0.4 is 10.1 Å². The molecule has 1 saturated heterocycles. The normalized spacial score (nSPS) is 18.7. The molecular formula is C28H29F3N2O2. The molecule has 0 spiro atoms. The second-order valence-electron chi connectivity index (χ2n) is 8.90. The molecule has 35 heavy (non-hydrogen) atoms. The number of alkyl halides is 3.